The van der Waals surface area contributed by atoms with Crippen molar-refractivity contribution >= 4 is 38.6 Å². The molecule has 5 heterocycles. The maximum atomic E-state index is 14.4. The third kappa shape index (κ3) is 3.71. The van der Waals surface area contributed by atoms with E-state index >= 15 is 0 Å². The number of alkyl halides is 3. The second-order valence-electron chi connectivity index (χ2n) is 8.87. The highest BCUT2D eigenvalue weighted by Gasteiger charge is 2.54. The molecule has 1 N–H and O–H groups in total. The number of likely N-dealkylation sites (tertiary alicyclic amines) is 2. The zero-order valence-corrected chi connectivity index (χ0v) is 19.6. The van der Waals surface area contributed by atoms with Crippen LogP contribution >= 0.6 is 15.9 Å². The first-order valence-corrected chi connectivity index (χ1v) is 11.7. The number of nitrogens with zero attached hydrogens (tertiary/aromatic N) is 6. The molecule has 2 unspecified atom stereocenters. The first-order valence-electron chi connectivity index (χ1n) is 10.9. The van der Waals surface area contributed by atoms with Gasteiger partial charge in [0.15, 0.2) is 11.5 Å². The molecule has 2 saturated heterocycles. The fourth-order valence-corrected chi connectivity index (χ4v) is 5.62. The van der Waals surface area contributed by atoms with Crippen LogP contribution in [0.15, 0.2) is 53.1 Å². The largest absolute Gasteiger partial charge is 0.465 e. The topological polar surface area (TPSA) is 86.9 Å². The van der Waals surface area contributed by atoms with Crippen LogP contribution in [-0.4, -0.2) is 71.9 Å². The van der Waals surface area contributed by atoms with Crippen LogP contribution in [0.3, 0.4) is 0 Å². The lowest BCUT2D eigenvalue weighted by molar-refractivity contribution is -0.191. The van der Waals surface area contributed by atoms with Crippen LogP contribution in [0.4, 0.5) is 18.0 Å². The van der Waals surface area contributed by atoms with E-state index in [1.807, 2.05) is 24.3 Å². The van der Waals surface area contributed by atoms with Gasteiger partial charge in [-0.25, -0.2) is 9.78 Å². The first kappa shape index (κ1) is 22.2. The zero-order valence-electron chi connectivity index (χ0n) is 18.0. The molecule has 12 heteroatoms. The molecule has 0 radical (unpaired) electrons. The van der Waals surface area contributed by atoms with E-state index in [1.54, 1.807) is 6.07 Å². The molecular formula is C23H18BrF3N6O2. The van der Waals surface area contributed by atoms with E-state index in [9.17, 15) is 23.1 Å². The van der Waals surface area contributed by atoms with Crippen molar-refractivity contribution in [2.45, 2.75) is 30.7 Å². The smallest absolute Gasteiger partial charge is 0.408 e. The highest BCUT2D eigenvalue weighted by Crippen LogP contribution is 2.44. The number of hydrogen-bond donors (Lipinski definition) is 1. The summed E-state index contributed by atoms with van der Waals surface area (Å²) in [5.41, 5.74) is 1.65. The maximum absolute atomic E-state index is 14.4. The average Bonchev–Trinajstić information content (AvgIpc) is 3.52. The fraction of sp³-hybridized carbons (Fsp3) is 0.304. The van der Waals surface area contributed by atoms with Crippen molar-refractivity contribution in [2.24, 2.45) is 0 Å². The van der Waals surface area contributed by atoms with Crippen LogP contribution in [0.25, 0.3) is 28.1 Å². The summed E-state index contributed by atoms with van der Waals surface area (Å²) in [6.45, 7) is 0.110. The van der Waals surface area contributed by atoms with E-state index in [2.05, 4.69) is 31.1 Å². The Hall–Kier alpha value is -3.25. The minimum absolute atomic E-state index is 0.0370. The van der Waals surface area contributed by atoms with Gasteiger partial charge in [-0.2, -0.15) is 13.2 Å². The maximum Gasteiger partial charge on any atom is 0.408 e. The second-order valence-corrected chi connectivity index (χ2v) is 9.78. The van der Waals surface area contributed by atoms with Gasteiger partial charge in [0.25, 0.3) is 0 Å². The number of carboxylic acid groups (broad SMARTS) is 1. The lowest BCUT2D eigenvalue weighted by Gasteiger charge is -2.38. The summed E-state index contributed by atoms with van der Waals surface area (Å²) < 4.78 is 45.5. The van der Waals surface area contributed by atoms with Gasteiger partial charge in [-0.05, 0) is 36.2 Å². The fourth-order valence-electron chi connectivity index (χ4n) is 5.28. The number of pyridine rings is 2. The predicted molar refractivity (Wildman–Crippen MR) is 124 cm³/mol. The Labute approximate surface area is 205 Å². The second kappa shape index (κ2) is 7.89. The summed E-state index contributed by atoms with van der Waals surface area (Å²) in [5.74, 6) is 0.338. The van der Waals surface area contributed by atoms with E-state index in [1.165, 1.54) is 32.5 Å². The number of halogens is 4. The summed E-state index contributed by atoms with van der Waals surface area (Å²) in [4.78, 5) is 18.6. The molecule has 6 rings (SSSR count). The number of rotatable bonds is 3. The Balaban J connectivity index is 1.41. The van der Waals surface area contributed by atoms with Crippen LogP contribution in [0.5, 0.6) is 0 Å². The van der Waals surface area contributed by atoms with Crippen LogP contribution in [0, 0.1) is 0 Å². The van der Waals surface area contributed by atoms with Gasteiger partial charge >= 0.3 is 12.3 Å². The first-order chi connectivity index (χ1) is 16.7. The van der Waals surface area contributed by atoms with E-state index in [-0.39, 0.29) is 18.7 Å². The SMILES string of the molecule is O=C(O)N1CC2CC1CN2[C@@H](c1ccc2nnc(-c3ccc4ccc(Br)cc4n3)n2c1)C(F)(F)F. The number of fused-ring (bicyclic) bond motifs is 4. The lowest BCUT2D eigenvalue weighted by atomic mass is 10.1. The molecule has 2 aliphatic heterocycles. The standard InChI is InChI=1S/C23H18BrF3N6O2/c24-14-4-1-12-2-5-17(28-18(12)7-14)21-30-29-19-6-3-13(9-33(19)21)20(23(25,26)27)31-10-16-8-15(31)11-32(16)22(34)35/h1-7,9,15-16,20H,8,10-11H2,(H,34,35)/t15?,16?,20-/m0/s1. The van der Waals surface area contributed by atoms with Gasteiger partial charge in [-0.15, -0.1) is 10.2 Å². The summed E-state index contributed by atoms with van der Waals surface area (Å²) in [6, 6.07) is 9.46. The number of aromatic nitrogens is 4. The Morgan fingerprint density at radius 3 is 2.60 bits per heavy atom. The van der Waals surface area contributed by atoms with E-state index < -0.39 is 30.4 Å². The van der Waals surface area contributed by atoms with Crippen LogP contribution in [-0.2, 0) is 0 Å². The lowest BCUT2D eigenvalue weighted by Crippen LogP contribution is -2.52. The molecule has 0 spiro atoms. The Bertz CT molecular complexity index is 1470. The molecule has 0 aliphatic carbocycles. The Kier molecular flexibility index (Phi) is 5.01. The highest BCUT2D eigenvalue weighted by molar-refractivity contribution is 9.10. The number of benzene rings is 1. The molecule has 1 aromatic carbocycles. The predicted octanol–water partition coefficient (Wildman–Crippen LogP) is 4.75. The minimum Gasteiger partial charge on any atom is -0.465 e. The highest BCUT2D eigenvalue weighted by atomic mass is 79.9. The van der Waals surface area contributed by atoms with Gasteiger partial charge < -0.3 is 10.0 Å². The van der Waals surface area contributed by atoms with Crippen molar-refractivity contribution in [3.05, 3.63) is 58.7 Å². The zero-order chi connectivity index (χ0) is 24.5. The number of piperazine rings is 1. The Morgan fingerprint density at radius 1 is 1.09 bits per heavy atom. The van der Waals surface area contributed by atoms with Gasteiger partial charge in [-0.3, -0.25) is 9.30 Å². The summed E-state index contributed by atoms with van der Waals surface area (Å²) in [5, 5.41) is 18.5. The normalized spacial score (nSPS) is 21.3. The summed E-state index contributed by atoms with van der Waals surface area (Å²) in [6.07, 6.45) is -3.83. The third-order valence-corrected chi connectivity index (χ3v) is 7.29. The molecule has 2 aliphatic rings. The molecule has 180 valence electrons. The molecule has 2 fully saturated rings. The van der Waals surface area contributed by atoms with Crippen LogP contribution in [0.1, 0.15) is 18.0 Å². The van der Waals surface area contributed by atoms with Crippen LogP contribution < -0.4 is 0 Å². The van der Waals surface area contributed by atoms with Crippen molar-refractivity contribution in [3.63, 3.8) is 0 Å². The molecule has 4 aromatic rings. The van der Waals surface area contributed by atoms with Gasteiger partial charge in [0.2, 0.25) is 0 Å². The molecule has 2 bridgehead atoms. The monoisotopic (exact) mass is 546 g/mol. The Morgan fingerprint density at radius 2 is 1.89 bits per heavy atom. The van der Waals surface area contributed by atoms with Crippen molar-refractivity contribution < 1.29 is 23.1 Å². The van der Waals surface area contributed by atoms with Gasteiger partial charge in [0.05, 0.1) is 5.52 Å². The van der Waals surface area contributed by atoms with E-state index in [0.717, 1.165) is 9.86 Å². The van der Waals surface area contributed by atoms with Crippen LogP contribution in [0.2, 0.25) is 0 Å². The summed E-state index contributed by atoms with van der Waals surface area (Å²) in [7, 11) is 0. The average molecular weight is 547 g/mol. The molecule has 1 amide bonds. The molecular weight excluding hydrogens is 529 g/mol. The number of hydrogen-bond acceptors (Lipinski definition) is 5. The molecule has 35 heavy (non-hydrogen) atoms. The van der Waals surface area contributed by atoms with Crippen molar-refractivity contribution in [3.8, 4) is 11.5 Å². The van der Waals surface area contributed by atoms with Gasteiger partial charge in [-0.1, -0.05) is 34.1 Å². The minimum atomic E-state index is -4.55. The molecule has 3 aromatic heterocycles. The van der Waals surface area contributed by atoms with Crippen molar-refractivity contribution in [1.82, 2.24) is 29.4 Å². The van der Waals surface area contributed by atoms with Crippen molar-refractivity contribution in [2.75, 3.05) is 13.1 Å². The third-order valence-electron chi connectivity index (χ3n) is 6.79. The molecule has 0 saturated carbocycles. The number of amides is 1. The van der Waals surface area contributed by atoms with E-state index in [0.29, 0.717) is 29.1 Å². The molecule has 3 atom stereocenters. The van der Waals surface area contributed by atoms with Crippen molar-refractivity contribution in [1.29, 1.82) is 0 Å². The summed E-state index contributed by atoms with van der Waals surface area (Å²) >= 11 is 3.43. The van der Waals surface area contributed by atoms with Gasteiger partial charge in [0.1, 0.15) is 11.7 Å². The number of carbonyl (C=O) groups is 1. The molecule has 8 nitrogen and oxygen atoms in total. The van der Waals surface area contributed by atoms with E-state index in [4.69, 9.17) is 0 Å². The quantitative estimate of drug-likeness (QED) is 0.399. The van der Waals surface area contributed by atoms with Gasteiger partial charge in [0, 0.05) is 41.2 Å².